The van der Waals surface area contributed by atoms with Crippen molar-refractivity contribution in [3.05, 3.63) is 53.3 Å². The first-order valence-corrected chi connectivity index (χ1v) is 8.28. The smallest absolute Gasteiger partial charge is 0.214 e. The maximum atomic E-state index is 13.3. The molecule has 2 aliphatic heterocycles. The zero-order valence-electron chi connectivity index (χ0n) is 14.3. The number of hydrogen-bond acceptors (Lipinski definition) is 6. The van der Waals surface area contributed by atoms with Crippen LogP contribution in [0, 0.1) is 0 Å². The van der Waals surface area contributed by atoms with Crippen molar-refractivity contribution in [1.82, 2.24) is 0 Å². The zero-order valence-corrected chi connectivity index (χ0v) is 14.3. The van der Waals surface area contributed by atoms with Gasteiger partial charge in [-0.1, -0.05) is 0 Å². The quantitative estimate of drug-likeness (QED) is 0.701. The summed E-state index contributed by atoms with van der Waals surface area (Å²) < 4.78 is 28.1. The average molecular weight is 352 g/mol. The van der Waals surface area contributed by atoms with E-state index < -0.39 is 12.2 Å². The van der Waals surface area contributed by atoms with Gasteiger partial charge in [-0.05, 0) is 41.5 Å². The highest BCUT2D eigenvalue weighted by molar-refractivity contribution is 6.08. The molecular formula is C20H16O6. The van der Waals surface area contributed by atoms with Gasteiger partial charge in [-0.25, -0.2) is 0 Å². The van der Waals surface area contributed by atoms with E-state index >= 15 is 0 Å². The molecule has 3 aromatic rings. The van der Waals surface area contributed by atoms with Crippen molar-refractivity contribution in [1.29, 1.82) is 0 Å². The van der Waals surface area contributed by atoms with Crippen LogP contribution < -0.4 is 14.2 Å². The number of furan rings is 1. The van der Waals surface area contributed by atoms with Gasteiger partial charge in [0.2, 0.25) is 6.29 Å². The first-order valence-electron chi connectivity index (χ1n) is 8.28. The molecular weight excluding hydrogens is 336 g/mol. The first kappa shape index (κ1) is 15.3. The van der Waals surface area contributed by atoms with Crippen molar-refractivity contribution in [2.45, 2.75) is 18.8 Å². The summed E-state index contributed by atoms with van der Waals surface area (Å²) in [6.45, 7) is 0.334. The minimum absolute atomic E-state index is 0.0347. The summed E-state index contributed by atoms with van der Waals surface area (Å²) in [7, 11) is 3.16. The summed E-state index contributed by atoms with van der Waals surface area (Å²) in [5.41, 5.74) is 2.96. The van der Waals surface area contributed by atoms with Crippen LogP contribution in [-0.2, 0) is 11.3 Å². The molecule has 0 saturated heterocycles. The summed E-state index contributed by atoms with van der Waals surface area (Å²) in [6.07, 6.45) is 0.903. The Hall–Kier alpha value is -2.99. The van der Waals surface area contributed by atoms with E-state index in [2.05, 4.69) is 0 Å². The Balaban J connectivity index is 1.67. The third kappa shape index (κ3) is 1.99. The van der Waals surface area contributed by atoms with Crippen LogP contribution in [0.3, 0.4) is 0 Å². The van der Waals surface area contributed by atoms with Crippen molar-refractivity contribution in [2.75, 3.05) is 14.2 Å². The normalized spacial score (nSPS) is 20.8. The maximum Gasteiger partial charge on any atom is 0.214 e. The van der Waals surface area contributed by atoms with Gasteiger partial charge >= 0.3 is 0 Å². The zero-order chi connectivity index (χ0) is 17.8. The van der Waals surface area contributed by atoms with E-state index in [1.165, 1.54) is 0 Å². The van der Waals surface area contributed by atoms with Gasteiger partial charge < -0.3 is 23.4 Å². The summed E-state index contributed by atoms with van der Waals surface area (Å²) >= 11 is 0. The van der Waals surface area contributed by atoms with Gasteiger partial charge in [0.05, 0.1) is 38.0 Å². The Morgan fingerprint density at radius 2 is 1.88 bits per heavy atom. The van der Waals surface area contributed by atoms with E-state index in [-0.39, 0.29) is 5.78 Å². The molecule has 0 amide bonds. The molecule has 0 radical (unpaired) electrons. The topological polar surface area (TPSA) is 67.1 Å². The second-order valence-electron chi connectivity index (χ2n) is 6.32. The van der Waals surface area contributed by atoms with Gasteiger partial charge in [0.1, 0.15) is 17.3 Å². The van der Waals surface area contributed by atoms with Gasteiger partial charge in [0.15, 0.2) is 17.3 Å². The Bertz CT molecular complexity index is 1030. The molecule has 0 saturated carbocycles. The third-order valence-electron chi connectivity index (χ3n) is 5.02. The summed E-state index contributed by atoms with van der Waals surface area (Å²) in [5, 5.41) is 0.774. The van der Waals surface area contributed by atoms with E-state index in [1.807, 2.05) is 12.1 Å². The lowest BCUT2D eigenvalue weighted by atomic mass is 9.83. The molecule has 2 unspecified atom stereocenters. The van der Waals surface area contributed by atoms with Crippen LogP contribution in [0.25, 0.3) is 11.0 Å². The molecule has 26 heavy (non-hydrogen) atoms. The Morgan fingerprint density at radius 3 is 2.69 bits per heavy atom. The van der Waals surface area contributed by atoms with Crippen molar-refractivity contribution in [2.24, 2.45) is 0 Å². The lowest BCUT2D eigenvalue weighted by molar-refractivity contribution is -0.111. The number of ether oxygens (including phenoxy) is 4. The Morgan fingerprint density at radius 1 is 1.08 bits per heavy atom. The molecule has 0 spiro atoms. The van der Waals surface area contributed by atoms with E-state index in [0.29, 0.717) is 35.0 Å². The Kier molecular flexibility index (Phi) is 3.24. The fourth-order valence-electron chi connectivity index (χ4n) is 3.76. The summed E-state index contributed by atoms with van der Waals surface area (Å²) in [4.78, 5) is 13.3. The molecule has 5 rings (SSSR count). The number of hydrogen-bond donors (Lipinski definition) is 0. The van der Waals surface area contributed by atoms with Crippen molar-refractivity contribution in [3.63, 3.8) is 0 Å². The number of carbonyl (C=O) groups excluding carboxylic acids is 1. The molecule has 0 fully saturated rings. The van der Waals surface area contributed by atoms with Crippen LogP contribution in [0.15, 0.2) is 41.0 Å². The second kappa shape index (κ2) is 5.51. The predicted molar refractivity (Wildman–Crippen MR) is 92.0 cm³/mol. The standard InChI is InChI=1S/C20H16O6/c1-22-15-7-10-9-25-20-17(13(10)8-16(15)23-2)18(21)12-3-4-14-11(5-6-24-14)19(12)26-20/h3-8,17,20H,9H2,1-2H3. The number of ketones is 1. The monoisotopic (exact) mass is 352 g/mol. The number of benzene rings is 2. The van der Waals surface area contributed by atoms with E-state index in [0.717, 1.165) is 16.5 Å². The SMILES string of the molecule is COc1cc2c(cc1OC)C1C(=O)c3ccc4occc4c3OC1OC2. The number of carbonyl (C=O) groups is 1. The van der Waals surface area contributed by atoms with Crippen molar-refractivity contribution >= 4 is 16.8 Å². The van der Waals surface area contributed by atoms with Crippen LogP contribution >= 0.6 is 0 Å². The van der Waals surface area contributed by atoms with Crippen LogP contribution in [0.2, 0.25) is 0 Å². The molecule has 0 aliphatic carbocycles. The van der Waals surface area contributed by atoms with Gasteiger partial charge in [-0.2, -0.15) is 0 Å². The van der Waals surface area contributed by atoms with Gasteiger partial charge in [-0.3, -0.25) is 4.79 Å². The van der Waals surface area contributed by atoms with E-state index in [9.17, 15) is 4.79 Å². The lowest BCUT2D eigenvalue weighted by Crippen LogP contribution is -2.41. The first-order chi connectivity index (χ1) is 12.7. The molecule has 1 aromatic heterocycles. The van der Waals surface area contributed by atoms with E-state index in [4.69, 9.17) is 23.4 Å². The molecule has 6 nitrogen and oxygen atoms in total. The third-order valence-corrected chi connectivity index (χ3v) is 5.02. The van der Waals surface area contributed by atoms with Crippen LogP contribution in [0.5, 0.6) is 17.2 Å². The largest absolute Gasteiger partial charge is 0.493 e. The molecule has 2 aromatic carbocycles. The molecule has 2 atom stereocenters. The fourth-order valence-corrected chi connectivity index (χ4v) is 3.76. The number of methoxy groups -OCH3 is 2. The van der Waals surface area contributed by atoms with Gasteiger partial charge in [-0.15, -0.1) is 0 Å². The number of Topliss-reactive ketones (excluding diaryl/α,β-unsaturated/α-hetero) is 1. The van der Waals surface area contributed by atoms with Crippen LogP contribution in [0.1, 0.15) is 27.4 Å². The maximum absolute atomic E-state index is 13.3. The van der Waals surface area contributed by atoms with Crippen molar-refractivity contribution < 1.29 is 28.2 Å². The van der Waals surface area contributed by atoms with Gasteiger partial charge in [0.25, 0.3) is 0 Å². The highest BCUT2D eigenvalue weighted by Gasteiger charge is 2.44. The molecule has 3 heterocycles. The minimum Gasteiger partial charge on any atom is -0.493 e. The summed E-state index contributed by atoms with van der Waals surface area (Å²) in [6, 6.07) is 9.03. The van der Waals surface area contributed by atoms with E-state index in [1.54, 1.807) is 38.7 Å². The van der Waals surface area contributed by atoms with Crippen LogP contribution in [0.4, 0.5) is 0 Å². The molecule has 0 bridgehead atoms. The highest BCUT2D eigenvalue weighted by Crippen LogP contribution is 2.46. The predicted octanol–water partition coefficient (Wildman–Crippen LogP) is 3.67. The Labute approximate surface area is 149 Å². The average Bonchev–Trinajstić information content (AvgIpc) is 3.15. The lowest BCUT2D eigenvalue weighted by Gasteiger charge is -2.37. The molecule has 6 heteroatoms. The highest BCUT2D eigenvalue weighted by atomic mass is 16.7. The van der Waals surface area contributed by atoms with Crippen molar-refractivity contribution in [3.8, 4) is 17.2 Å². The van der Waals surface area contributed by atoms with Gasteiger partial charge in [0, 0.05) is 0 Å². The number of fused-ring (bicyclic) bond motifs is 6. The minimum atomic E-state index is -0.680. The summed E-state index contributed by atoms with van der Waals surface area (Å²) in [5.74, 6) is 1.13. The van der Waals surface area contributed by atoms with Crippen LogP contribution in [-0.4, -0.2) is 26.3 Å². The molecule has 132 valence electrons. The fraction of sp³-hybridized carbons (Fsp3) is 0.250. The number of rotatable bonds is 2. The molecule has 2 aliphatic rings. The second-order valence-corrected chi connectivity index (χ2v) is 6.32. The molecule has 0 N–H and O–H groups in total.